The van der Waals surface area contributed by atoms with Crippen LogP contribution in [-0.4, -0.2) is 6.54 Å². The van der Waals surface area contributed by atoms with Crippen LogP contribution in [0.25, 0.3) is 0 Å². The molecule has 0 aliphatic carbocycles. The molecule has 0 bridgehead atoms. The molecule has 1 aliphatic rings. The maximum absolute atomic E-state index is 6.10. The Morgan fingerprint density at radius 3 is 2.62 bits per heavy atom. The van der Waals surface area contributed by atoms with E-state index in [-0.39, 0.29) is 6.04 Å². The van der Waals surface area contributed by atoms with Crippen molar-refractivity contribution in [1.82, 2.24) is 0 Å². The van der Waals surface area contributed by atoms with Crippen molar-refractivity contribution in [3.63, 3.8) is 0 Å². The summed E-state index contributed by atoms with van der Waals surface area (Å²) < 4.78 is 0. The lowest BCUT2D eigenvalue weighted by molar-refractivity contribution is 0.698. The molecule has 21 heavy (non-hydrogen) atoms. The van der Waals surface area contributed by atoms with Gasteiger partial charge in [-0.25, -0.2) is 0 Å². The highest BCUT2D eigenvalue weighted by Crippen LogP contribution is 2.34. The van der Waals surface area contributed by atoms with Gasteiger partial charge in [0, 0.05) is 24.0 Å². The summed E-state index contributed by atoms with van der Waals surface area (Å²) in [6.07, 6.45) is 3.38. The van der Waals surface area contributed by atoms with Crippen LogP contribution in [0.1, 0.15) is 42.5 Å². The molecule has 0 radical (unpaired) electrons. The van der Waals surface area contributed by atoms with Gasteiger partial charge in [0.2, 0.25) is 0 Å². The van der Waals surface area contributed by atoms with Gasteiger partial charge in [-0.2, -0.15) is 0 Å². The first-order valence-electron chi connectivity index (χ1n) is 7.91. The van der Waals surface area contributed by atoms with Gasteiger partial charge in [-0.1, -0.05) is 36.8 Å². The second-order valence-corrected chi connectivity index (χ2v) is 5.99. The first-order valence-corrected chi connectivity index (χ1v) is 7.91. The number of nitrogens with zero attached hydrogens (tertiary/aromatic N) is 1. The lowest BCUT2D eigenvalue weighted by Crippen LogP contribution is -2.24. The average molecular weight is 280 g/mol. The van der Waals surface area contributed by atoms with Crippen LogP contribution in [-0.2, 0) is 6.42 Å². The van der Waals surface area contributed by atoms with Crippen molar-refractivity contribution in [3.8, 4) is 0 Å². The van der Waals surface area contributed by atoms with Gasteiger partial charge in [0.05, 0.1) is 0 Å². The van der Waals surface area contributed by atoms with Crippen molar-refractivity contribution in [3.05, 3.63) is 59.2 Å². The number of fused-ring (bicyclic) bond motifs is 1. The van der Waals surface area contributed by atoms with Gasteiger partial charge in [-0.3, -0.25) is 0 Å². The highest BCUT2D eigenvalue weighted by molar-refractivity contribution is 5.68. The maximum Gasteiger partial charge on any atom is 0.0443 e. The zero-order chi connectivity index (χ0) is 14.8. The molecule has 110 valence electrons. The van der Waals surface area contributed by atoms with Gasteiger partial charge in [0.25, 0.3) is 0 Å². The topological polar surface area (TPSA) is 29.3 Å². The summed E-state index contributed by atoms with van der Waals surface area (Å²) in [6, 6.07) is 15.7. The Labute approximate surface area is 127 Å². The number of anilines is 2. The molecule has 2 nitrogen and oxygen atoms in total. The van der Waals surface area contributed by atoms with Crippen LogP contribution in [0.3, 0.4) is 0 Å². The van der Waals surface area contributed by atoms with E-state index >= 15 is 0 Å². The van der Waals surface area contributed by atoms with E-state index in [4.69, 9.17) is 5.73 Å². The van der Waals surface area contributed by atoms with Crippen LogP contribution in [0.15, 0.2) is 42.5 Å². The van der Waals surface area contributed by atoms with E-state index in [1.54, 1.807) is 0 Å². The summed E-state index contributed by atoms with van der Waals surface area (Å²) in [6.45, 7) is 5.39. The number of benzene rings is 2. The lowest BCUT2D eigenvalue weighted by atomic mass is 9.98. The van der Waals surface area contributed by atoms with E-state index in [2.05, 4.69) is 61.2 Å². The van der Waals surface area contributed by atoms with Gasteiger partial charge in [-0.15, -0.1) is 0 Å². The molecule has 2 aromatic carbocycles. The molecule has 2 aromatic rings. The predicted octanol–water partition coefficient (Wildman–Crippen LogP) is 4.49. The quantitative estimate of drug-likeness (QED) is 0.897. The molecule has 0 fully saturated rings. The fourth-order valence-corrected chi connectivity index (χ4v) is 3.13. The highest BCUT2D eigenvalue weighted by Gasteiger charge is 2.18. The van der Waals surface area contributed by atoms with Gasteiger partial charge < -0.3 is 10.6 Å². The van der Waals surface area contributed by atoms with E-state index in [1.165, 1.54) is 40.9 Å². The Kier molecular flexibility index (Phi) is 3.98. The molecular weight excluding hydrogens is 256 g/mol. The fraction of sp³-hybridized carbons (Fsp3) is 0.368. The van der Waals surface area contributed by atoms with Gasteiger partial charge in [-0.05, 0) is 55.5 Å². The van der Waals surface area contributed by atoms with Crippen molar-refractivity contribution in [1.29, 1.82) is 0 Å². The Morgan fingerprint density at radius 1 is 1.14 bits per heavy atom. The van der Waals surface area contributed by atoms with E-state index in [9.17, 15) is 0 Å². The van der Waals surface area contributed by atoms with Crippen LogP contribution >= 0.6 is 0 Å². The average Bonchev–Trinajstić information content (AvgIpc) is 2.53. The summed E-state index contributed by atoms with van der Waals surface area (Å²) >= 11 is 0. The molecule has 1 unspecified atom stereocenters. The van der Waals surface area contributed by atoms with Crippen molar-refractivity contribution in [2.24, 2.45) is 5.73 Å². The monoisotopic (exact) mass is 280 g/mol. The SMILES string of the molecule is CCC(N)c1ccc(N2CCCc3cc(C)ccc32)cc1. The van der Waals surface area contributed by atoms with Crippen LogP contribution in [0.5, 0.6) is 0 Å². The zero-order valence-corrected chi connectivity index (χ0v) is 13.0. The molecule has 0 saturated carbocycles. The van der Waals surface area contributed by atoms with E-state index in [1.807, 2.05) is 0 Å². The van der Waals surface area contributed by atoms with Gasteiger partial charge in [0.15, 0.2) is 0 Å². The minimum Gasteiger partial charge on any atom is -0.341 e. The first-order chi connectivity index (χ1) is 10.2. The minimum atomic E-state index is 0.148. The fourth-order valence-electron chi connectivity index (χ4n) is 3.13. The number of hydrogen-bond acceptors (Lipinski definition) is 2. The number of nitrogens with two attached hydrogens (primary N) is 1. The van der Waals surface area contributed by atoms with E-state index < -0.39 is 0 Å². The van der Waals surface area contributed by atoms with E-state index in [0.29, 0.717) is 0 Å². The normalized spacial score (nSPS) is 15.7. The summed E-state index contributed by atoms with van der Waals surface area (Å²) in [4.78, 5) is 2.43. The molecule has 0 aromatic heterocycles. The first kappa shape index (κ1) is 14.2. The van der Waals surface area contributed by atoms with Crippen LogP contribution in [0.2, 0.25) is 0 Å². The standard InChI is InChI=1S/C19H24N2/c1-3-18(20)15-7-9-17(10-8-15)21-12-4-5-16-13-14(2)6-11-19(16)21/h6-11,13,18H,3-5,12,20H2,1-2H3. The Bertz CT molecular complexity index is 616. The molecule has 1 aliphatic heterocycles. The Balaban J connectivity index is 1.92. The van der Waals surface area contributed by atoms with Crippen molar-refractivity contribution < 1.29 is 0 Å². The zero-order valence-electron chi connectivity index (χ0n) is 13.0. The lowest BCUT2D eigenvalue weighted by Gasteiger charge is -2.32. The van der Waals surface area contributed by atoms with Crippen LogP contribution in [0, 0.1) is 6.92 Å². The van der Waals surface area contributed by atoms with Gasteiger partial charge >= 0.3 is 0 Å². The molecule has 0 saturated heterocycles. The molecule has 3 rings (SSSR count). The van der Waals surface area contributed by atoms with E-state index in [0.717, 1.165) is 13.0 Å². The molecule has 1 heterocycles. The van der Waals surface area contributed by atoms with Crippen molar-refractivity contribution in [2.45, 2.75) is 39.2 Å². The maximum atomic E-state index is 6.10. The summed E-state index contributed by atoms with van der Waals surface area (Å²) in [7, 11) is 0. The summed E-state index contributed by atoms with van der Waals surface area (Å²) in [5.41, 5.74) is 12.8. The van der Waals surface area contributed by atoms with Crippen molar-refractivity contribution in [2.75, 3.05) is 11.4 Å². The minimum absolute atomic E-state index is 0.148. The summed E-state index contributed by atoms with van der Waals surface area (Å²) in [5, 5.41) is 0. The third-order valence-electron chi connectivity index (χ3n) is 4.43. The number of aryl methyl sites for hydroxylation is 2. The van der Waals surface area contributed by atoms with Crippen molar-refractivity contribution >= 4 is 11.4 Å². The summed E-state index contributed by atoms with van der Waals surface area (Å²) in [5.74, 6) is 0. The van der Waals surface area contributed by atoms with Crippen LogP contribution < -0.4 is 10.6 Å². The Hall–Kier alpha value is -1.80. The Morgan fingerprint density at radius 2 is 1.90 bits per heavy atom. The predicted molar refractivity (Wildman–Crippen MR) is 90.2 cm³/mol. The van der Waals surface area contributed by atoms with Gasteiger partial charge in [0.1, 0.15) is 0 Å². The number of rotatable bonds is 3. The molecular formula is C19H24N2. The van der Waals surface area contributed by atoms with Crippen LogP contribution in [0.4, 0.5) is 11.4 Å². The molecule has 0 amide bonds. The highest BCUT2D eigenvalue weighted by atomic mass is 15.1. The second kappa shape index (κ2) is 5.90. The largest absolute Gasteiger partial charge is 0.341 e. The molecule has 1 atom stereocenters. The number of hydrogen-bond donors (Lipinski definition) is 1. The third kappa shape index (κ3) is 2.81. The smallest absolute Gasteiger partial charge is 0.0443 e. The molecule has 2 N–H and O–H groups in total. The third-order valence-corrected chi connectivity index (χ3v) is 4.43. The second-order valence-electron chi connectivity index (χ2n) is 5.99. The molecule has 0 spiro atoms. The molecule has 2 heteroatoms.